The number of hydrogen-bond acceptors (Lipinski definition) is 5. The summed E-state index contributed by atoms with van der Waals surface area (Å²) in [5.74, 6) is -0.00468. The van der Waals surface area contributed by atoms with Crippen molar-refractivity contribution in [3.63, 3.8) is 0 Å². The zero-order valence-electron chi connectivity index (χ0n) is 14.2. The van der Waals surface area contributed by atoms with E-state index < -0.39 is 0 Å². The fourth-order valence-corrected chi connectivity index (χ4v) is 3.35. The van der Waals surface area contributed by atoms with Gasteiger partial charge in [-0.3, -0.25) is 14.8 Å². The number of carbonyl (C=O) groups is 1. The molecule has 2 aromatic heterocycles. The van der Waals surface area contributed by atoms with Crippen LogP contribution < -0.4 is 5.32 Å². The molecule has 0 spiro atoms. The molecule has 1 atom stereocenters. The number of carbonyl (C=O) groups excluding carboxylic acids is 1. The third kappa shape index (κ3) is 3.55. The fourth-order valence-electron chi connectivity index (χ4n) is 3.35. The topological polar surface area (TPSA) is 88.0 Å². The quantitative estimate of drug-likeness (QED) is 0.737. The number of benzene rings is 1. The number of para-hydroxylation sites is 2. The molecule has 1 saturated carbocycles. The summed E-state index contributed by atoms with van der Waals surface area (Å²) in [7, 11) is 0. The molecule has 1 aliphatic rings. The Morgan fingerprint density at radius 2 is 1.88 bits per heavy atom. The normalized spacial score (nSPS) is 20.3. The molecule has 4 rings (SSSR count). The van der Waals surface area contributed by atoms with Gasteiger partial charge in [-0.2, -0.15) is 0 Å². The summed E-state index contributed by atoms with van der Waals surface area (Å²) in [6.07, 6.45) is 5.00. The van der Waals surface area contributed by atoms with E-state index >= 15 is 0 Å². The van der Waals surface area contributed by atoms with E-state index in [-0.39, 0.29) is 24.0 Å². The average Bonchev–Trinajstić information content (AvgIpc) is 2.65. The maximum Gasteiger partial charge on any atom is 0.271 e. The number of amides is 1. The van der Waals surface area contributed by atoms with Gasteiger partial charge in [-0.15, -0.1) is 0 Å². The number of pyridine rings is 1. The summed E-state index contributed by atoms with van der Waals surface area (Å²) in [6.45, 7) is 0. The Labute approximate surface area is 151 Å². The Balaban J connectivity index is 1.52. The van der Waals surface area contributed by atoms with Gasteiger partial charge in [0.1, 0.15) is 5.69 Å². The van der Waals surface area contributed by atoms with Crippen molar-refractivity contribution < 1.29 is 9.90 Å². The van der Waals surface area contributed by atoms with Crippen LogP contribution in [0.1, 0.15) is 29.0 Å². The third-order valence-electron chi connectivity index (χ3n) is 4.87. The number of aliphatic hydroxyl groups is 1. The van der Waals surface area contributed by atoms with Crippen LogP contribution in [-0.4, -0.2) is 38.1 Å². The number of nitrogens with one attached hydrogen (secondary N) is 1. The van der Waals surface area contributed by atoms with Gasteiger partial charge in [0.15, 0.2) is 0 Å². The number of nitrogens with zero attached hydrogens (tertiary/aromatic N) is 3. The first-order chi connectivity index (χ1) is 12.7. The Bertz CT molecular complexity index is 910. The van der Waals surface area contributed by atoms with Gasteiger partial charge in [0.2, 0.25) is 0 Å². The monoisotopic (exact) mass is 348 g/mol. The predicted octanol–water partition coefficient (Wildman–Crippen LogP) is 2.14. The fraction of sp³-hybridized carbons (Fsp3) is 0.300. The molecule has 6 nitrogen and oxygen atoms in total. The maximum absolute atomic E-state index is 12.7. The largest absolute Gasteiger partial charge is 0.393 e. The van der Waals surface area contributed by atoms with E-state index in [1.165, 1.54) is 6.20 Å². The molecule has 132 valence electrons. The van der Waals surface area contributed by atoms with Crippen LogP contribution in [0, 0.1) is 5.92 Å². The molecule has 0 saturated heterocycles. The second-order valence-corrected chi connectivity index (χ2v) is 6.73. The first-order valence-corrected chi connectivity index (χ1v) is 8.79. The SMILES string of the molecule is O=C(NC(Cc1ccccn1)C1CC(O)C1)c1cnc2ccccc2n1. The number of aliphatic hydroxyl groups excluding tert-OH is 1. The molecular formula is C20H20N4O2. The Kier molecular flexibility index (Phi) is 4.58. The molecule has 3 aromatic rings. The van der Waals surface area contributed by atoms with E-state index in [2.05, 4.69) is 20.3 Å². The number of fused-ring (bicyclic) bond motifs is 1. The molecule has 2 N–H and O–H groups in total. The van der Waals surface area contributed by atoms with Crippen LogP contribution in [0.2, 0.25) is 0 Å². The van der Waals surface area contributed by atoms with Crippen molar-refractivity contribution in [2.45, 2.75) is 31.4 Å². The Morgan fingerprint density at radius 3 is 2.62 bits per heavy atom. The first kappa shape index (κ1) is 16.6. The van der Waals surface area contributed by atoms with Crippen molar-refractivity contribution in [1.29, 1.82) is 0 Å². The smallest absolute Gasteiger partial charge is 0.271 e. The van der Waals surface area contributed by atoms with Gasteiger partial charge < -0.3 is 10.4 Å². The molecule has 1 aromatic carbocycles. The van der Waals surface area contributed by atoms with Crippen molar-refractivity contribution in [1.82, 2.24) is 20.3 Å². The number of rotatable bonds is 5. The summed E-state index contributed by atoms with van der Waals surface area (Å²) in [5, 5.41) is 12.7. The van der Waals surface area contributed by atoms with Gasteiger partial charge in [-0.25, -0.2) is 4.98 Å². The number of aromatic nitrogens is 3. The van der Waals surface area contributed by atoms with Crippen LogP contribution in [0.4, 0.5) is 0 Å². The lowest BCUT2D eigenvalue weighted by Crippen LogP contribution is -2.48. The zero-order valence-corrected chi connectivity index (χ0v) is 14.2. The van der Waals surface area contributed by atoms with Gasteiger partial charge >= 0.3 is 0 Å². The molecule has 0 radical (unpaired) electrons. The molecule has 1 unspecified atom stereocenters. The lowest BCUT2D eigenvalue weighted by molar-refractivity contribution is 0.0237. The van der Waals surface area contributed by atoms with Crippen LogP contribution >= 0.6 is 0 Å². The van der Waals surface area contributed by atoms with E-state index in [9.17, 15) is 9.90 Å². The van der Waals surface area contributed by atoms with Crippen LogP contribution in [0.25, 0.3) is 11.0 Å². The van der Waals surface area contributed by atoms with Crippen molar-refractivity contribution in [2.75, 3.05) is 0 Å². The van der Waals surface area contributed by atoms with Gasteiger partial charge in [-0.1, -0.05) is 18.2 Å². The van der Waals surface area contributed by atoms with Gasteiger partial charge in [-0.05, 0) is 43.0 Å². The molecule has 26 heavy (non-hydrogen) atoms. The molecule has 0 aliphatic heterocycles. The molecule has 1 amide bonds. The Morgan fingerprint density at radius 1 is 1.12 bits per heavy atom. The Hall–Kier alpha value is -2.86. The van der Waals surface area contributed by atoms with E-state index in [0.717, 1.165) is 11.2 Å². The minimum atomic E-state index is -0.274. The highest BCUT2D eigenvalue weighted by atomic mass is 16.3. The molecule has 6 heteroatoms. The standard InChI is InChI=1S/C20H20N4O2/c25-15-9-13(10-15)18(11-14-5-3-4-8-21-14)24-20(26)19-12-22-16-6-1-2-7-17(16)23-19/h1-8,12-13,15,18,25H,9-11H2,(H,24,26). The third-order valence-corrected chi connectivity index (χ3v) is 4.87. The van der Waals surface area contributed by atoms with E-state index in [1.807, 2.05) is 42.5 Å². The van der Waals surface area contributed by atoms with Crippen molar-refractivity contribution >= 4 is 16.9 Å². The first-order valence-electron chi connectivity index (χ1n) is 8.79. The van der Waals surface area contributed by atoms with Gasteiger partial charge in [0, 0.05) is 24.4 Å². The van der Waals surface area contributed by atoms with Gasteiger partial charge in [0.25, 0.3) is 5.91 Å². The highest BCUT2D eigenvalue weighted by molar-refractivity contribution is 5.94. The van der Waals surface area contributed by atoms with Crippen LogP contribution in [0.5, 0.6) is 0 Å². The minimum Gasteiger partial charge on any atom is -0.393 e. The lowest BCUT2D eigenvalue weighted by atomic mass is 9.76. The van der Waals surface area contributed by atoms with Crippen LogP contribution in [-0.2, 0) is 6.42 Å². The molecule has 2 heterocycles. The molecular weight excluding hydrogens is 328 g/mol. The summed E-state index contributed by atoms with van der Waals surface area (Å²) in [6, 6.07) is 13.1. The molecule has 1 fully saturated rings. The van der Waals surface area contributed by atoms with E-state index in [4.69, 9.17) is 0 Å². The molecule has 0 bridgehead atoms. The summed E-state index contributed by atoms with van der Waals surface area (Å²) >= 11 is 0. The van der Waals surface area contributed by atoms with Crippen molar-refractivity contribution in [2.24, 2.45) is 5.92 Å². The van der Waals surface area contributed by atoms with Crippen molar-refractivity contribution in [3.8, 4) is 0 Å². The average molecular weight is 348 g/mol. The molecule has 1 aliphatic carbocycles. The van der Waals surface area contributed by atoms with Crippen LogP contribution in [0.3, 0.4) is 0 Å². The van der Waals surface area contributed by atoms with Crippen LogP contribution in [0.15, 0.2) is 54.9 Å². The zero-order chi connectivity index (χ0) is 17.9. The highest BCUT2D eigenvalue weighted by Gasteiger charge is 2.35. The second-order valence-electron chi connectivity index (χ2n) is 6.73. The summed E-state index contributed by atoms with van der Waals surface area (Å²) in [4.78, 5) is 25.8. The second kappa shape index (κ2) is 7.17. The minimum absolute atomic E-state index is 0.0888. The van der Waals surface area contributed by atoms with E-state index in [0.29, 0.717) is 30.5 Å². The summed E-state index contributed by atoms with van der Waals surface area (Å²) < 4.78 is 0. The number of hydrogen-bond donors (Lipinski definition) is 2. The lowest BCUT2D eigenvalue weighted by Gasteiger charge is -2.38. The van der Waals surface area contributed by atoms with Crippen molar-refractivity contribution in [3.05, 3.63) is 66.2 Å². The van der Waals surface area contributed by atoms with Gasteiger partial charge in [0.05, 0.1) is 23.3 Å². The van der Waals surface area contributed by atoms with E-state index in [1.54, 1.807) is 6.20 Å². The highest BCUT2D eigenvalue weighted by Crippen LogP contribution is 2.31. The predicted molar refractivity (Wildman–Crippen MR) is 97.5 cm³/mol. The maximum atomic E-state index is 12.7. The summed E-state index contributed by atoms with van der Waals surface area (Å²) in [5.41, 5.74) is 2.68.